The van der Waals surface area contributed by atoms with Crippen LogP contribution in [0.4, 0.5) is 0 Å². The van der Waals surface area contributed by atoms with Crippen molar-refractivity contribution < 1.29 is 18.6 Å². The predicted molar refractivity (Wildman–Crippen MR) is 127 cm³/mol. The van der Waals surface area contributed by atoms with Crippen molar-refractivity contribution in [3.8, 4) is 39.7 Å². The molecule has 0 bridgehead atoms. The summed E-state index contributed by atoms with van der Waals surface area (Å²) in [6.07, 6.45) is 1.82. The minimum absolute atomic E-state index is 0.541. The van der Waals surface area contributed by atoms with Gasteiger partial charge in [0.15, 0.2) is 17.1 Å². The lowest BCUT2D eigenvalue weighted by atomic mass is 9.95. The predicted octanol–water partition coefficient (Wildman–Crippen LogP) is 6.65. The number of hydrogen-bond donors (Lipinski definition) is 0. The largest absolute Gasteiger partial charge is 0.493 e. The molecule has 0 saturated carbocycles. The molecule has 0 aliphatic heterocycles. The first-order valence-corrected chi connectivity index (χ1v) is 10.3. The summed E-state index contributed by atoms with van der Waals surface area (Å²) in [5.41, 5.74) is 5.71. The van der Waals surface area contributed by atoms with Gasteiger partial charge in [-0.25, -0.2) is 0 Å². The molecule has 0 saturated heterocycles. The number of benzene rings is 3. The molecule has 2 aromatic heterocycles. The van der Waals surface area contributed by atoms with Crippen LogP contribution >= 0.6 is 0 Å². The molecule has 0 amide bonds. The van der Waals surface area contributed by atoms with Crippen LogP contribution in [0, 0.1) is 6.92 Å². The number of rotatable bonds is 5. The van der Waals surface area contributed by atoms with Gasteiger partial charge in [-0.15, -0.1) is 0 Å². The topological polar surface area (TPSA) is 53.7 Å². The Morgan fingerprint density at radius 1 is 0.750 bits per heavy atom. The highest BCUT2D eigenvalue weighted by Crippen LogP contribution is 2.43. The van der Waals surface area contributed by atoms with Gasteiger partial charge in [-0.3, -0.25) is 4.98 Å². The molecule has 160 valence electrons. The van der Waals surface area contributed by atoms with Crippen molar-refractivity contribution in [3.05, 3.63) is 72.4 Å². The van der Waals surface area contributed by atoms with E-state index in [0.717, 1.165) is 27.8 Å². The highest BCUT2D eigenvalue weighted by atomic mass is 16.5. The van der Waals surface area contributed by atoms with Crippen LogP contribution in [0.3, 0.4) is 0 Å². The second-order valence-corrected chi connectivity index (χ2v) is 7.57. The first-order valence-electron chi connectivity index (χ1n) is 10.3. The third-order valence-electron chi connectivity index (χ3n) is 5.79. The fraction of sp³-hybridized carbons (Fsp3) is 0.148. The van der Waals surface area contributed by atoms with Crippen LogP contribution in [0.15, 0.2) is 71.3 Å². The summed E-state index contributed by atoms with van der Waals surface area (Å²) in [6, 6.07) is 20.4. The average molecular weight is 425 g/mol. The molecule has 0 unspecified atom stereocenters. The number of aryl methyl sites for hydroxylation is 1. The van der Waals surface area contributed by atoms with Gasteiger partial charge in [0.05, 0.1) is 21.3 Å². The van der Waals surface area contributed by atoms with Gasteiger partial charge < -0.3 is 18.6 Å². The Morgan fingerprint density at radius 3 is 2.16 bits per heavy atom. The van der Waals surface area contributed by atoms with E-state index in [1.807, 2.05) is 30.5 Å². The third-order valence-corrected chi connectivity index (χ3v) is 5.79. The highest BCUT2D eigenvalue weighted by molar-refractivity contribution is 6.04. The van der Waals surface area contributed by atoms with Crippen LogP contribution in [0.5, 0.6) is 17.2 Å². The van der Waals surface area contributed by atoms with Gasteiger partial charge in [-0.05, 0) is 47.0 Å². The number of furan rings is 1. The first-order chi connectivity index (χ1) is 15.6. The van der Waals surface area contributed by atoms with Crippen molar-refractivity contribution in [2.75, 3.05) is 21.3 Å². The summed E-state index contributed by atoms with van der Waals surface area (Å²) in [7, 11) is 4.78. The van der Waals surface area contributed by atoms with Gasteiger partial charge in [-0.1, -0.05) is 36.4 Å². The third kappa shape index (κ3) is 3.14. The molecule has 5 aromatic rings. The SMILES string of the molecule is COc1cc(-c2cc3nccc(-c4ccc(C)c5ccccc45)c3o2)cc(OC)c1OC. The summed E-state index contributed by atoms with van der Waals surface area (Å²) < 4.78 is 22.8. The average Bonchev–Trinajstić information content (AvgIpc) is 3.28. The molecule has 0 atom stereocenters. The van der Waals surface area contributed by atoms with Crippen molar-refractivity contribution >= 4 is 21.9 Å². The molecular weight excluding hydrogens is 402 g/mol. The van der Waals surface area contributed by atoms with E-state index < -0.39 is 0 Å². The number of methoxy groups -OCH3 is 3. The molecule has 3 aromatic carbocycles. The van der Waals surface area contributed by atoms with Crippen LogP contribution in [-0.4, -0.2) is 26.3 Å². The van der Waals surface area contributed by atoms with Gasteiger partial charge in [0.2, 0.25) is 5.75 Å². The Morgan fingerprint density at radius 2 is 1.47 bits per heavy atom. The number of hydrogen-bond acceptors (Lipinski definition) is 5. The van der Waals surface area contributed by atoms with Crippen molar-refractivity contribution in [1.82, 2.24) is 4.98 Å². The van der Waals surface area contributed by atoms with E-state index in [9.17, 15) is 0 Å². The Balaban J connectivity index is 1.72. The number of aromatic nitrogens is 1. The molecule has 32 heavy (non-hydrogen) atoms. The molecule has 0 fully saturated rings. The van der Waals surface area contributed by atoms with Crippen LogP contribution in [-0.2, 0) is 0 Å². The fourth-order valence-electron chi connectivity index (χ4n) is 4.20. The van der Waals surface area contributed by atoms with Gasteiger partial charge in [-0.2, -0.15) is 0 Å². The number of ether oxygens (including phenoxy) is 3. The molecule has 0 aliphatic carbocycles. The second-order valence-electron chi connectivity index (χ2n) is 7.57. The Bertz CT molecular complexity index is 1430. The van der Waals surface area contributed by atoms with E-state index in [1.54, 1.807) is 21.3 Å². The van der Waals surface area contributed by atoms with Crippen LogP contribution < -0.4 is 14.2 Å². The molecule has 5 rings (SSSR count). The van der Waals surface area contributed by atoms with Gasteiger partial charge in [0.1, 0.15) is 11.3 Å². The van der Waals surface area contributed by atoms with Crippen molar-refractivity contribution in [1.29, 1.82) is 0 Å². The fourth-order valence-corrected chi connectivity index (χ4v) is 4.20. The molecule has 0 spiro atoms. The zero-order valence-corrected chi connectivity index (χ0v) is 18.4. The maximum atomic E-state index is 6.38. The smallest absolute Gasteiger partial charge is 0.203 e. The van der Waals surface area contributed by atoms with E-state index in [4.69, 9.17) is 18.6 Å². The van der Waals surface area contributed by atoms with E-state index >= 15 is 0 Å². The number of pyridine rings is 1. The van der Waals surface area contributed by atoms with Gasteiger partial charge >= 0.3 is 0 Å². The quantitative estimate of drug-likeness (QED) is 0.316. The van der Waals surface area contributed by atoms with E-state index in [0.29, 0.717) is 23.0 Å². The standard InChI is InChI=1S/C27H23NO4/c1-16-9-10-20(19-8-6-5-7-18(16)19)21-11-12-28-22-15-23(32-26(21)22)17-13-24(29-2)27(31-4)25(14-17)30-3/h5-15H,1-4H3. The molecule has 0 N–H and O–H groups in total. The second kappa shape index (κ2) is 7.93. The van der Waals surface area contributed by atoms with Crippen molar-refractivity contribution in [2.45, 2.75) is 6.92 Å². The lowest BCUT2D eigenvalue weighted by molar-refractivity contribution is 0.324. The van der Waals surface area contributed by atoms with Crippen molar-refractivity contribution in [3.63, 3.8) is 0 Å². The van der Waals surface area contributed by atoms with Crippen LogP contribution in [0.1, 0.15) is 5.56 Å². The van der Waals surface area contributed by atoms with Crippen LogP contribution in [0.2, 0.25) is 0 Å². The Labute approximate surface area is 186 Å². The van der Waals surface area contributed by atoms with Gasteiger partial charge in [0, 0.05) is 23.4 Å². The maximum Gasteiger partial charge on any atom is 0.203 e. The molecular formula is C27H23NO4. The molecule has 0 radical (unpaired) electrons. The summed E-state index contributed by atoms with van der Waals surface area (Å²) in [6.45, 7) is 2.13. The zero-order chi connectivity index (χ0) is 22.2. The van der Waals surface area contributed by atoms with Gasteiger partial charge in [0.25, 0.3) is 0 Å². The van der Waals surface area contributed by atoms with E-state index in [-0.39, 0.29) is 0 Å². The summed E-state index contributed by atoms with van der Waals surface area (Å²) in [5.74, 6) is 2.36. The monoisotopic (exact) mass is 425 g/mol. The van der Waals surface area contributed by atoms with Crippen molar-refractivity contribution in [2.24, 2.45) is 0 Å². The Hall–Kier alpha value is -3.99. The lowest BCUT2D eigenvalue weighted by Gasteiger charge is -2.13. The molecule has 2 heterocycles. The Kier molecular flexibility index (Phi) is 4.94. The number of nitrogens with zero attached hydrogens (tertiary/aromatic N) is 1. The minimum atomic E-state index is 0.541. The molecule has 0 aliphatic rings. The summed E-state index contributed by atoms with van der Waals surface area (Å²) >= 11 is 0. The maximum absolute atomic E-state index is 6.38. The minimum Gasteiger partial charge on any atom is -0.493 e. The first kappa shape index (κ1) is 19.9. The van der Waals surface area contributed by atoms with E-state index in [1.165, 1.54) is 16.3 Å². The lowest BCUT2D eigenvalue weighted by Crippen LogP contribution is -1.95. The summed E-state index contributed by atoms with van der Waals surface area (Å²) in [5, 5.41) is 2.41. The number of fused-ring (bicyclic) bond motifs is 2. The summed E-state index contributed by atoms with van der Waals surface area (Å²) in [4.78, 5) is 4.55. The molecule has 5 nitrogen and oxygen atoms in total. The molecule has 5 heteroatoms. The normalized spacial score (nSPS) is 11.1. The zero-order valence-electron chi connectivity index (χ0n) is 18.4. The highest BCUT2D eigenvalue weighted by Gasteiger charge is 2.18. The van der Waals surface area contributed by atoms with Crippen LogP contribution in [0.25, 0.3) is 44.3 Å². The van der Waals surface area contributed by atoms with E-state index in [2.05, 4.69) is 48.3 Å².